The van der Waals surface area contributed by atoms with E-state index in [0.717, 1.165) is 49.0 Å². The topological polar surface area (TPSA) is 61.8 Å². The Hall–Kier alpha value is -2.30. The molecule has 0 unspecified atom stereocenters. The first-order chi connectivity index (χ1) is 14.9. The molecule has 1 aromatic rings. The van der Waals surface area contributed by atoms with Gasteiger partial charge in [-0.25, -0.2) is 4.79 Å². The van der Waals surface area contributed by atoms with E-state index in [2.05, 4.69) is 13.5 Å². The lowest BCUT2D eigenvalue weighted by molar-refractivity contribution is -0.141. The first-order valence-electron chi connectivity index (χ1n) is 11.6. The summed E-state index contributed by atoms with van der Waals surface area (Å²) in [4.78, 5) is 24.4. The zero-order valence-electron chi connectivity index (χ0n) is 19.2. The van der Waals surface area contributed by atoms with Crippen LogP contribution in [0.15, 0.2) is 30.4 Å². The fourth-order valence-corrected chi connectivity index (χ4v) is 4.93. The summed E-state index contributed by atoms with van der Waals surface area (Å²) in [6, 6.07) is 5.21. The molecule has 0 amide bonds. The van der Waals surface area contributed by atoms with Gasteiger partial charge in [0.1, 0.15) is 6.61 Å². The molecule has 2 fully saturated rings. The van der Waals surface area contributed by atoms with Crippen molar-refractivity contribution < 1.29 is 23.8 Å². The summed E-state index contributed by atoms with van der Waals surface area (Å²) < 4.78 is 16.3. The van der Waals surface area contributed by atoms with Crippen molar-refractivity contribution in [3.63, 3.8) is 0 Å². The molecule has 170 valence electrons. The third-order valence-electron chi connectivity index (χ3n) is 6.99. The molecular weight excluding hydrogens is 392 g/mol. The Labute approximate surface area is 186 Å². The van der Waals surface area contributed by atoms with E-state index >= 15 is 0 Å². The molecule has 2 aliphatic rings. The van der Waals surface area contributed by atoms with E-state index in [-0.39, 0.29) is 18.5 Å². The summed E-state index contributed by atoms with van der Waals surface area (Å²) in [7, 11) is 1.53. The average molecular weight is 429 g/mol. The van der Waals surface area contributed by atoms with Gasteiger partial charge in [-0.05, 0) is 80.9 Å². The lowest BCUT2D eigenvalue weighted by Crippen LogP contribution is -2.30. The monoisotopic (exact) mass is 428 g/mol. The van der Waals surface area contributed by atoms with E-state index < -0.39 is 5.97 Å². The van der Waals surface area contributed by atoms with E-state index in [1.165, 1.54) is 32.8 Å². The highest BCUT2D eigenvalue weighted by Crippen LogP contribution is 2.41. The number of hydrogen-bond donors (Lipinski definition) is 0. The van der Waals surface area contributed by atoms with Gasteiger partial charge in [0.15, 0.2) is 11.5 Å². The Kier molecular flexibility index (Phi) is 8.16. The lowest BCUT2D eigenvalue weighted by Gasteiger charge is -2.36. The number of methoxy groups -OCH3 is 1. The second-order valence-electron chi connectivity index (χ2n) is 9.39. The fourth-order valence-electron chi connectivity index (χ4n) is 4.93. The van der Waals surface area contributed by atoms with Crippen LogP contribution in [0.4, 0.5) is 0 Å². The van der Waals surface area contributed by atoms with Crippen molar-refractivity contribution in [2.75, 3.05) is 7.11 Å². The Morgan fingerprint density at radius 1 is 0.968 bits per heavy atom. The van der Waals surface area contributed by atoms with Gasteiger partial charge in [0.2, 0.25) is 0 Å². The molecule has 2 aliphatic carbocycles. The van der Waals surface area contributed by atoms with Gasteiger partial charge in [0.25, 0.3) is 0 Å². The second-order valence-corrected chi connectivity index (χ2v) is 9.39. The van der Waals surface area contributed by atoms with Crippen molar-refractivity contribution in [3.8, 4) is 11.5 Å². The van der Waals surface area contributed by atoms with Crippen molar-refractivity contribution in [2.24, 2.45) is 23.7 Å². The Bertz CT molecular complexity index is 783. The van der Waals surface area contributed by atoms with Crippen molar-refractivity contribution in [3.05, 3.63) is 35.9 Å². The SMILES string of the molecule is C=C(C)C(=O)OCc1ccc(OC(=O)C2CCC(C3CCC(C)CC3)CC2)c(OC)c1. The van der Waals surface area contributed by atoms with Crippen LogP contribution in [0.25, 0.3) is 0 Å². The molecule has 0 heterocycles. The van der Waals surface area contributed by atoms with E-state index in [9.17, 15) is 9.59 Å². The summed E-state index contributed by atoms with van der Waals surface area (Å²) in [5.41, 5.74) is 1.11. The van der Waals surface area contributed by atoms with Gasteiger partial charge >= 0.3 is 11.9 Å². The summed E-state index contributed by atoms with van der Waals surface area (Å²) in [6.07, 6.45) is 9.49. The number of ether oxygens (including phenoxy) is 3. The molecule has 0 N–H and O–H groups in total. The molecule has 1 aromatic carbocycles. The zero-order chi connectivity index (χ0) is 22.4. The number of carbonyl (C=O) groups is 2. The highest BCUT2D eigenvalue weighted by Gasteiger charge is 2.33. The lowest BCUT2D eigenvalue weighted by atomic mass is 9.69. The maximum Gasteiger partial charge on any atom is 0.333 e. The van der Waals surface area contributed by atoms with Crippen molar-refractivity contribution in [2.45, 2.75) is 71.8 Å². The number of esters is 2. The minimum Gasteiger partial charge on any atom is -0.493 e. The minimum atomic E-state index is -0.437. The summed E-state index contributed by atoms with van der Waals surface area (Å²) in [5, 5.41) is 0. The van der Waals surface area contributed by atoms with Gasteiger partial charge in [-0.2, -0.15) is 0 Å². The van der Waals surface area contributed by atoms with Crippen LogP contribution < -0.4 is 9.47 Å². The highest BCUT2D eigenvalue weighted by molar-refractivity contribution is 5.86. The molecule has 0 atom stereocenters. The summed E-state index contributed by atoms with van der Waals surface area (Å²) >= 11 is 0. The molecule has 0 radical (unpaired) electrons. The van der Waals surface area contributed by atoms with Crippen LogP contribution in [-0.2, 0) is 20.9 Å². The Morgan fingerprint density at radius 3 is 2.16 bits per heavy atom. The third kappa shape index (κ3) is 6.34. The van der Waals surface area contributed by atoms with Crippen LogP contribution in [0.2, 0.25) is 0 Å². The van der Waals surface area contributed by atoms with E-state index in [1.54, 1.807) is 25.1 Å². The van der Waals surface area contributed by atoms with Crippen LogP contribution in [0.5, 0.6) is 11.5 Å². The van der Waals surface area contributed by atoms with Crippen LogP contribution in [0.3, 0.4) is 0 Å². The number of hydrogen-bond acceptors (Lipinski definition) is 5. The van der Waals surface area contributed by atoms with E-state index in [0.29, 0.717) is 17.1 Å². The number of rotatable bonds is 7. The van der Waals surface area contributed by atoms with Crippen molar-refractivity contribution in [1.29, 1.82) is 0 Å². The molecule has 0 aromatic heterocycles. The molecule has 3 rings (SSSR count). The fraction of sp³-hybridized carbons (Fsp3) is 0.615. The standard InChI is InChI=1S/C26H36O5/c1-17(2)25(27)30-16-19-7-14-23(24(15-19)29-4)31-26(28)22-12-10-21(11-13-22)20-8-5-18(3)6-9-20/h7,14-15,18,20-22H,1,5-6,8-13,16H2,2-4H3. The van der Waals surface area contributed by atoms with Gasteiger partial charge in [0.05, 0.1) is 13.0 Å². The maximum atomic E-state index is 12.8. The van der Waals surface area contributed by atoms with Crippen LogP contribution in [-0.4, -0.2) is 19.0 Å². The molecule has 2 saturated carbocycles. The first kappa shape index (κ1) is 23.4. The molecule has 5 heteroatoms. The predicted molar refractivity (Wildman–Crippen MR) is 120 cm³/mol. The summed E-state index contributed by atoms with van der Waals surface area (Å²) in [5.74, 6) is 2.71. The van der Waals surface area contributed by atoms with Gasteiger partial charge in [0, 0.05) is 5.57 Å². The van der Waals surface area contributed by atoms with E-state index in [1.807, 2.05) is 0 Å². The molecular formula is C26H36O5. The molecule has 0 aliphatic heterocycles. The average Bonchev–Trinajstić information content (AvgIpc) is 2.78. The quantitative estimate of drug-likeness (QED) is 0.310. The van der Waals surface area contributed by atoms with Gasteiger partial charge in [-0.1, -0.05) is 32.4 Å². The Balaban J connectivity index is 1.52. The number of carbonyl (C=O) groups excluding carboxylic acids is 2. The van der Waals surface area contributed by atoms with Gasteiger partial charge in [-0.3, -0.25) is 4.79 Å². The first-order valence-corrected chi connectivity index (χ1v) is 11.6. The minimum absolute atomic E-state index is 0.0420. The molecule has 31 heavy (non-hydrogen) atoms. The van der Waals surface area contributed by atoms with Crippen LogP contribution >= 0.6 is 0 Å². The smallest absolute Gasteiger partial charge is 0.333 e. The molecule has 0 spiro atoms. The second kappa shape index (κ2) is 10.8. The zero-order valence-corrected chi connectivity index (χ0v) is 19.2. The van der Waals surface area contributed by atoms with Crippen molar-refractivity contribution >= 4 is 11.9 Å². The van der Waals surface area contributed by atoms with Crippen LogP contribution in [0.1, 0.15) is 70.8 Å². The highest BCUT2D eigenvalue weighted by atomic mass is 16.6. The number of benzene rings is 1. The third-order valence-corrected chi connectivity index (χ3v) is 6.99. The molecule has 5 nitrogen and oxygen atoms in total. The van der Waals surface area contributed by atoms with Crippen molar-refractivity contribution in [1.82, 2.24) is 0 Å². The molecule has 0 bridgehead atoms. The van der Waals surface area contributed by atoms with Gasteiger partial charge in [-0.15, -0.1) is 0 Å². The maximum absolute atomic E-state index is 12.8. The van der Waals surface area contributed by atoms with E-state index in [4.69, 9.17) is 14.2 Å². The Morgan fingerprint density at radius 2 is 1.58 bits per heavy atom. The van der Waals surface area contributed by atoms with Crippen LogP contribution in [0, 0.1) is 23.7 Å². The normalized spacial score (nSPS) is 26.0. The predicted octanol–water partition coefficient (Wildman–Crippen LogP) is 5.85. The summed E-state index contributed by atoms with van der Waals surface area (Å²) in [6.45, 7) is 7.65. The van der Waals surface area contributed by atoms with Gasteiger partial charge < -0.3 is 14.2 Å². The molecule has 0 saturated heterocycles. The largest absolute Gasteiger partial charge is 0.493 e.